The Morgan fingerprint density at radius 3 is 2.41 bits per heavy atom. The standard InChI is InChI=1S/C14H18F2N2O3S/c1-2-3-14(19)17-6-8-18(9-7-17)22(20,21)13-10-11(15)4-5-12(13)16/h4-5,10H,2-3,6-9H2,1H3. The number of rotatable bonds is 4. The zero-order valence-electron chi connectivity index (χ0n) is 12.3. The van der Waals surface area contributed by atoms with Gasteiger partial charge in [0.05, 0.1) is 0 Å². The number of halogens is 2. The first kappa shape index (κ1) is 16.8. The second kappa shape index (κ2) is 6.70. The lowest BCUT2D eigenvalue weighted by Crippen LogP contribution is -2.50. The number of sulfonamides is 1. The highest BCUT2D eigenvalue weighted by atomic mass is 32.2. The van der Waals surface area contributed by atoms with E-state index in [1.54, 1.807) is 4.90 Å². The summed E-state index contributed by atoms with van der Waals surface area (Å²) < 4.78 is 52.7. The van der Waals surface area contributed by atoms with Crippen LogP contribution in [0.25, 0.3) is 0 Å². The van der Waals surface area contributed by atoms with Crippen molar-refractivity contribution in [3.8, 4) is 0 Å². The van der Waals surface area contributed by atoms with Gasteiger partial charge in [-0.25, -0.2) is 17.2 Å². The van der Waals surface area contributed by atoms with Crippen molar-refractivity contribution in [3.63, 3.8) is 0 Å². The van der Waals surface area contributed by atoms with Crippen LogP contribution in [0.2, 0.25) is 0 Å². The van der Waals surface area contributed by atoms with Crippen molar-refractivity contribution in [2.24, 2.45) is 0 Å². The molecule has 0 aromatic heterocycles. The lowest BCUT2D eigenvalue weighted by Gasteiger charge is -2.34. The fourth-order valence-electron chi connectivity index (χ4n) is 2.36. The number of piperazine rings is 1. The molecule has 2 rings (SSSR count). The molecule has 5 nitrogen and oxygen atoms in total. The Bertz CT molecular complexity index is 656. The summed E-state index contributed by atoms with van der Waals surface area (Å²) in [4.78, 5) is 12.7. The third-order valence-corrected chi connectivity index (χ3v) is 5.48. The first-order valence-corrected chi connectivity index (χ1v) is 8.53. The van der Waals surface area contributed by atoms with Gasteiger partial charge in [0.2, 0.25) is 15.9 Å². The van der Waals surface area contributed by atoms with Gasteiger partial charge in [0.25, 0.3) is 0 Å². The summed E-state index contributed by atoms with van der Waals surface area (Å²) in [7, 11) is -4.10. The van der Waals surface area contributed by atoms with Gasteiger partial charge in [-0.2, -0.15) is 4.31 Å². The van der Waals surface area contributed by atoms with Crippen LogP contribution in [0.3, 0.4) is 0 Å². The molecule has 0 N–H and O–H groups in total. The maximum Gasteiger partial charge on any atom is 0.246 e. The highest BCUT2D eigenvalue weighted by Crippen LogP contribution is 2.21. The Kier molecular flexibility index (Phi) is 5.12. The van der Waals surface area contributed by atoms with Gasteiger partial charge in [0, 0.05) is 32.6 Å². The maximum absolute atomic E-state index is 13.7. The number of hydrogen-bond donors (Lipinski definition) is 0. The molecule has 122 valence electrons. The van der Waals surface area contributed by atoms with E-state index in [0.29, 0.717) is 12.5 Å². The van der Waals surface area contributed by atoms with Crippen LogP contribution in [0.5, 0.6) is 0 Å². The minimum absolute atomic E-state index is 0.0171. The summed E-state index contributed by atoms with van der Waals surface area (Å²) >= 11 is 0. The van der Waals surface area contributed by atoms with Crippen LogP contribution >= 0.6 is 0 Å². The molecule has 0 atom stereocenters. The van der Waals surface area contributed by atoms with Gasteiger partial charge in [-0.05, 0) is 24.6 Å². The van der Waals surface area contributed by atoms with E-state index in [1.165, 1.54) is 0 Å². The van der Waals surface area contributed by atoms with Crippen molar-refractivity contribution in [1.82, 2.24) is 9.21 Å². The zero-order valence-corrected chi connectivity index (χ0v) is 13.1. The number of carbonyl (C=O) groups excluding carboxylic acids is 1. The summed E-state index contributed by atoms with van der Waals surface area (Å²) in [6, 6.07) is 2.35. The molecule has 1 fully saturated rings. The molecular weight excluding hydrogens is 314 g/mol. The fraction of sp³-hybridized carbons (Fsp3) is 0.500. The highest BCUT2D eigenvalue weighted by Gasteiger charge is 2.31. The number of nitrogens with zero attached hydrogens (tertiary/aromatic N) is 2. The van der Waals surface area contributed by atoms with Gasteiger partial charge in [0.15, 0.2) is 0 Å². The Morgan fingerprint density at radius 1 is 1.18 bits per heavy atom. The predicted octanol–water partition coefficient (Wildman–Crippen LogP) is 1.60. The van der Waals surface area contributed by atoms with Crippen molar-refractivity contribution < 1.29 is 22.0 Å². The highest BCUT2D eigenvalue weighted by molar-refractivity contribution is 7.89. The van der Waals surface area contributed by atoms with Crippen LogP contribution in [0.4, 0.5) is 8.78 Å². The number of carbonyl (C=O) groups is 1. The normalized spacial score (nSPS) is 16.8. The molecule has 22 heavy (non-hydrogen) atoms. The number of hydrogen-bond acceptors (Lipinski definition) is 3. The lowest BCUT2D eigenvalue weighted by molar-refractivity contribution is -0.132. The summed E-state index contributed by atoms with van der Waals surface area (Å²) in [5.74, 6) is -1.81. The summed E-state index contributed by atoms with van der Waals surface area (Å²) in [5.41, 5.74) is 0. The zero-order chi connectivity index (χ0) is 16.3. The van der Waals surface area contributed by atoms with E-state index in [2.05, 4.69) is 0 Å². The van der Waals surface area contributed by atoms with E-state index in [4.69, 9.17) is 0 Å². The van der Waals surface area contributed by atoms with Crippen molar-refractivity contribution >= 4 is 15.9 Å². The molecule has 1 aromatic carbocycles. The Morgan fingerprint density at radius 2 is 1.82 bits per heavy atom. The first-order chi connectivity index (χ1) is 10.4. The Hall–Kier alpha value is -1.54. The monoisotopic (exact) mass is 332 g/mol. The summed E-state index contributed by atoms with van der Waals surface area (Å²) in [5, 5.41) is 0. The molecule has 1 aliphatic heterocycles. The third-order valence-electron chi connectivity index (χ3n) is 3.57. The lowest BCUT2D eigenvalue weighted by atomic mass is 10.2. The van der Waals surface area contributed by atoms with Gasteiger partial charge >= 0.3 is 0 Å². The molecule has 0 radical (unpaired) electrons. The fourth-order valence-corrected chi connectivity index (χ4v) is 3.86. The number of amides is 1. The molecule has 1 amide bonds. The quantitative estimate of drug-likeness (QED) is 0.841. The van der Waals surface area contributed by atoms with Crippen LogP contribution in [0.15, 0.2) is 23.1 Å². The average Bonchev–Trinajstić information content (AvgIpc) is 2.50. The molecule has 1 heterocycles. The number of benzene rings is 1. The Balaban J connectivity index is 2.13. The first-order valence-electron chi connectivity index (χ1n) is 7.09. The van der Waals surface area contributed by atoms with Gasteiger partial charge in [-0.15, -0.1) is 0 Å². The van der Waals surface area contributed by atoms with E-state index >= 15 is 0 Å². The van der Waals surface area contributed by atoms with E-state index in [0.717, 1.165) is 22.9 Å². The van der Waals surface area contributed by atoms with Crippen LogP contribution in [-0.4, -0.2) is 49.7 Å². The minimum Gasteiger partial charge on any atom is -0.340 e. The molecule has 0 aliphatic carbocycles. The molecule has 0 unspecified atom stereocenters. The van der Waals surface area contributed by atoms with Crippen LogP contribution in [-0.2, 0) is 14.8 Å². The van der Waals surface area contributed by atoms with Crippen molar-refractivity contribution in [2.75, 3.05) is 26.2 Å². The van der Waals surface area contributed by atoms with Crippen molar-refractivity contribution in [3.05, 3.63) is 29.8 Å². The van der Waals surface area contributed by atoms with Crippen molar-refractivity contribution in [1.29, 1.82) is 0 Å². The molecular formula is C14H18F2N2O3S. The van der Waals surface area contributed by atoms with E-state index in [9.17, 15) is 22.0 Å². The minimum atomic E-state index is -4.10. The second-order valence-corrected chi connectivity index (χ2v) is 7.02. The average molecular weight is 332 g/mol. The van der Waals surface area contributed by atoms with Gasteiger partial charge in [-0.3, -0.25) is 4.79 Å². The van der Waals surface area contributed by atoms with Gasteiger partial charge in [0.1, 0.15) is 16.5 Å². The molecule has 0 spiro atoms. The molecule has 1 saturated heterocycles. The van der Waals surface area contributed by atoms with Gasteiger partial charge in [-0.1, -0.05) is 6.92 Å². The van der Waals surface area contributed by atoms with Gasteiger partial charge < -0.3 is 4.90 Å². The SMILES string of the molecule is CCCC(=O)N1CCN(S(=O)(=O)c2cc(F)ccc2F)CC1. The van der Waals surface area contributed by atoms with E-state index in [1.807, 2.05) is 6.92 Å². The third kappa shape index (κ3) is 3.44. The van der Waals surface area contributed by atoms with E-state index in [-0.39, 0.29) is 32.1 Å². The second-order valence-electron chi connectivity index (χ2n) is 5.11. The maximum atomic E-state index is 13.7. The largest absolute Gasteiger partial charge is 0.340 e. The summed E-state index contributed by atoms with van der Waals surface area (Å²) in [6.45, 7) is 2.57. The molecule has 0 bridgehead atoms. The summed E-state index contributed by atoms with van der Waals surface area (Å²) in [6.07, 6.45) is 1.15. The topological polar surface area (TPSA) is 57.7 Å². The molecule has 1 aliphatic rings. The van der Waals surface area contributed by atoms with Crippen LogP contribution in [0, 0.1) is 11.6 Å². The molecule has 1 aromatic rings. The Labute approximate surface area is 128 Å². The molecule has 8 heteroatoms. The predicted molar refractivity (Wildman–Crippen MR) is 76.6 cm³/mol. The van der Waals surface area contributed by atoms with Crippen molar-refractivity contribution in [2.45, 2.75) is 24.7 Å². The van der Waals surface area contributed by atoms with Crippen LogP contribution < -0.4 is 0 Å². The van der Waals surface area contributed by atoms with Crippen LogP contribution in [0.1, 0.15) is 19.8 Å². The van der Waals surface area contributed by atoms with E-state index < -0.39 is 26.6 Å². The molecule has 0 saturated carbocycles. The smallest absolute Gasteiger partial charge is 0.246 e.